The molecule has 1 aromatic carbocycles. The molecule has 0 atom stereocenters. The third-order valence-electron chi connectivity index (χ3n) is 3.04. The fourth-order valence-electron chi connectivity index (χ4n) is 1.94. The molecule has 1 N–H and O–H groups in total. The van der Waals surface area contributed by atoms with Gasteiger partial charge in [0.15, 0.2) is 0 Å². The maximum Gasteiger partial charge on any atom is 0.229 e. The summed E-state index contributed by atoms with van der Waals surface area (Å²) in [5, 5.41) is 3.00. The van der Waals surface area contributed by atoms with Gasteiger partial charge in [0, 0.05) is 10.6 Å². The molecule has 20 heavy (non-hydrogen) atoms. The topological polar surface area (TPSA) is 42.0 Å². The maximum absolute atomic E-state index is 12.2. The largest absolute Gasteiger partial charge is 0.326 e. The Hall–Kier alpha value is -1.33. The van der Waals surface area contributed by atoms with E-state index in [2.05, 4.69) is 17.2 Å². The number of benzene rings is 1. The number of anilines is 1. The number of aryl methyl sites for hydroxylation is 2. The number of carbonyl (C=O) groups is 1. The predicted molar refractivity (Wildman–Crippen MR) is 86.8 cm³/mol. The Labute approximate surface area is 127 Å². The molecule has 0 aliphatic heterocycles. The lowest BCUT2D eigenvalue weighted by Crippen LogP contribution is -2.15. The Kier molecular flexibility index (Phi) is 5.20. The molecule has 0 fully saturated rings. The van der Waals surface area contributed by atoms with Crippen LogP contribution < -0.4 is 5.32 Å². The Morgan fingerprint density at radius 1 is 1.40 bits per heavy atom. The molecule has 1 amide bonds. The second-order valence-electron chi connectivity index (χ2n) is 4.43. The molecular weight excluding hydrogens is 288 g/mol. The molecule has 1 aromatic heterocycles. The Morgan fingerprint density at radius 3 is 2.80 bits per heavy atom. The lowest BCUT2D eigenvalue weighted by atomic mass is 10.1. The van der Waals surface area contributed by atoms with Crippen molar-refractivity contribution in [3.63, 3.8) is 0 Å². The number of nitrogens with zero attached hydrogens (tertiary/aromatic N) is 1. The smallest absolute Gasteiger partial charge is 0.229 e. The van der Waals surface area contributed by atoms with Crippen molar-refractivity contribution in [3.8, 4) is 0 Å². The van der Waals surface area contributed by atoms with Crippen LogP contribution in [0.4, 0.5) is 5.69 Å². The summed E-state index contributed by atoms with van der Waals surface area (Å²) in [6, 6.07) is 7.92. The van der Waals surface area contributed by atoms with Gasteiger partial charge in [0.05, 0.1) is 12.1 Å². The van der Waals surface area contributed by atoms with Crippen LogP contribution in [0, 0.1) is 6.92 Å². The molecule has 3 nitrogen and oxygen atoms in total. The summed E-state index contributed by atoms with van der Waals surface area (Å²) in [5.41, 5.74) is 3.03. The second-order valence-corrected chi connectivity index (χ2v) is 6.57. The fraction of sp³-hybridized carbons (Fsp3) is 0.333. The van der Waals surface area contributed by atoms with Gasteiger partial charge in [0.25, 0.3) is 0 Å². The summed E-state index contributed by atoms with van der Waals surface area (Å²) in [4.78, 5) is 17.6. The average molecular weight is 306 g/mol. The minimum Gasteiger partial charge on any atom is -0.326 e. The Morgan fingerprint density at radius 2 is 2.15 bits per heavy atom. The number of nitrogens with one attached hydrogen (secondary N) is 1. The summed E-state index contributed by atoms with van der Waals surface area (Å²) in [5.74, 6) is 0.0188. The van der Waals surface area contributed by atoms with E-state index in [-0.39, 0.29) is 5.91 Å². The van der Waals surface area contributed by atoms with Crippen molar-refractivity contribution in [2.24, 2.45) is 0 Å². The number of hydrogen-bond acceptors (Lipinski definition) is 4. The molecule has 2 rings (SSSR count). The normalized spacial score (nSPS) is 10.6. The van der Waals surface area contributed by atoms with E-state index in [1.54, 1.807) is 23.1 Å². The van der Waals surface area contributed by atoms with Crippen molar-refractivity contribution in [2.75, 3.05) is 11.6 Å². The van der Waals surface area contributed by atoms with Crippen LogP contribution in [0.3, 0.4) is 0 Å². The number of rotatable bonds is 5. The molecule has 0 saturated heterocycles. The van der Waals surface area contributed by atoms with Crippen LogP contribution in [0.1, 0.15) is 23.1 Å². The SMILES string of the molecule is CCc1ccccc1NC(=O)Cc1sc(SC)nc1C. The van der Waals surface area contributed by atoms with E-state index in [0.717, 1.165) is 32.6 Å². The van der Waals surface area contributed by atoms with Crippen LogP contribution in [0.2, 0.25) is 0 Å². The Bertz CT molecular complexity index is 608. The lowest BCUT2D eigenvalue weighted by molar-refractivity contribution is -0.115. The third kappa shape index (κ3) is 3.61. The lowest BCUT2D eigenvalue weighted by Gasteiger charge is -2.09. The monoisotopic (exact) mass is 306 g/mol. The van der Waals surface area contributed by atoms with E-state index in [1.165, 1.54) is 0 Å². The summed E-state index contributed by atoms with van der Waals surface area (Å²) >= 11 is 3.22. The van der Waals surface area contributed by atoms with Gasteiger partial charge in [-0.1, -0.05) is 36.9 Å². The number of aromatic nitrogens is 1. The standard InChI is InChI=1S/C15H18N2OS2/c1-4-11-7-5-6-8-12(11)17-14(18)9-13-10(2)16-15(19-3)20-13/h5-8H,4,9H2,1-3H3,(H,17,18). The number of para-hydroxylation sites is 1. The summed E-state index contributed by atoms with van der Waals surface area (Å²) in [6.07, 6.45) is 3.30. The number of amides is 1. The van der Waals surface area contributed by atoms with Crippen LogP contribution in [0.25, 0.3) is 0 Å². The van der Waals surface area contributed by atoms with Gasteiger partial charge in [-0.3, -0.25) is 4.79 Å². The maximum atomic E-state index is 12.2. The zero-order valence-electron chi connectivity index (χ0n) is 11.9. The second kappa shape index (κ2) is 6.90. The highest BCUT2D eigenvalue weighted by Gasteiger charge is 2.12. The van der Waals surface area contributed by atoms with Crippen molar-refractivity contribution in [1.29, 1.82) is 0 Å². The van der Waals surface area contributed by atoms with Crippen molar-refractivity contribution in [1.82, 2.24) is 4.98 Å². The third-order valence-corrected chi connectivity index (χ3v) is 5.18. The Balaban J connectivity index is 2.07. The number of hydrogen-bond donors (Lipinski definition) is 1. The molecule has 0 aliphatic carbocycles. The van der Waals surface area contributed by atoms with Crippen molar-refractivity contribution >= 4 is 34.7 Å². The van der Waals surface area contributed by atoms with E-state index < -0.39 is 0 Å². The number of carbonyl (C=O) groups excluding carboxylic acids is 1. The molecule has 0 unspecified atom stereocenters. The summed E-state index contributed by atoms with van der Waals surface area (Å²) in [7, 11) is 0. The first-order chi connectivity index (χ1) is 9.63. The zero-order chi connectivity index (χ0) is 14.5. The first-order valence-corrected chi connectivity index (χ1v) is 8.56. The van der Waals surface area contributed by atoms with E-state index in [9.17, 15) is 4.79 Å². The first kappa shape index (κ1) is 15.1. The van der Waals surface area contributed by atoms with Crippen LogP contribution >= 0.6 is 23.1 Å². The van der Waals surface area contributed by atoms with E-state index >= 15 is 0 Å². The van der Waals surface area contributed by atoms with Gasteiger partial charge in [-0.2, -0.15) is 0 Å². The predicted octanol–water partition coefficient (Wildman–Crippen LogP) is 3.92. The summed E-state index contributed by atoms with van der Waals surface area (Å²) < 4.78 is 1.01. The van der Waals surface area contributed by atoms with E-state index in [4.69, 9.17) is 0 Å². The van der Waals surface area contributed by atoms with Crippen LogP contribution in [0.5, 0.6) is 0 Å². The van der Waals surface area contributed by atoms with E-state index in [0.29, 0.717) is 6.42 Å². The highest BCUT2D eigenvalue weighted by atomic mass is 32.2. The molecule has 1 heterocycles. The van der Waals surface area contributed by atoms with Gasteiger partial charge in [-0.25, -0.2) is 4.98 Å². The van der Waals surface area contributed by atoms with Gasteiger partial charge < -0.3 is 5.32 Å². The minimum absolute atomic E-state index is 0.0188. The van der Waals surface area contributed by atoms with Gasteiger partial charge in [-0.05, 0) is 31.2 Å². The van der Waals surface area contributed by atoms with Crippen molar-refractivity contribution < 1.29 is 4.79 Å². The van der Waals surface area contributed by atoms with Crippen LogP contribution in [0.15, 0.2) is 28.6 Å². The molecule has 0 aliphatic rings. The van der Waals surface area contributed by atoms with Gasteiger partial charge in [-0.15, -0.1) is 11.3 Å². The quantitative estimate of drug-likeness (QED) is 0.851. The van der Waals surface area contributed by atoms with Gasteiger partial charge >= 0.3 is 0 Å². The van der Waals surface area contributed by atoms with Crippen molar-refractivity contribution in [2.45, 2.75) is 31.0 Å². The molecule has 0 spiro atoms. The molecule has 0 saturated carbocycles. The molecule has 5 heteroatoms. The molecule has 2 aromatic rings. The summed E-state index contributed by atoms with van der Waals surface area (Å²) in [6.45, 7) is 4.04. The molecule has 106 valence electrons. The van der Waals surface area contributed by atoms with Crippen LogP contribution in [-0.2, 0) is 17.6 Å². The van der Waals surface area contributed by atoms with E-state index in [1.807, 2.05) is 37.4 Å². The van der Waals surface area contributed by atoms with Crippen molar-refractivity contribution in [3.05, 3.63) is 40.4 Å². The number of thioether (sulfide) groups is 1. The first-order valence-electron chi connectivity index (χ1n) is 6.52. The van der Waals surface area contributed by atoms with Gasteiger partial charge in [0.2, 0.25) is 5.91 Å². The average Bonchev–Trinajstić information content (AvgIpc) is 2.80. The fourth-order valence-corrected chi connectivity index (χ4v) is 3.60. The molecule has 0 bridgehead atoms. The van der Waals surface area contributed by atoms with Gasteiger partial charge in [0.1, 0.15) is 4.34 Å². The van der Waals surface area contributed by atoms with Crippen LogP contribution in [-0.4, -0.2) is 17.1 Å². The molecule has 0 radical (unpaired) electrons. The minimum atomic E-state index is 0.0188. The highest BCUT2D eigenvalue weighted by molar-refractivity contribution is 8.00. The highest BCUT2D eigenvalue weighted by Crippen LogP contribution is 2.26. The molecular formula is C15H18N2OS2. The number of thiazole rings is 1. The zero-order valence-corrected chi connectivity index (χ0v) is 13.5.